The van der Waals surface area contributed by atoms with E-state index in [1.807, 2.05) is 0 Å². The van der Waals surface area contributed by atoms with Crippen LogP contribution in [0.4, 0.5) is 0 Å². The molecule has 0 aromatic carbocycles. The zero-order valence-electron chi connectivity index (χ0n) is 8.65. The molecular weight excluding hydrogens is 291 g/mol. The highest BCUT2D eigenvalue weighted by Crippen LogP contribution is 2.19. The first-order valence-electron chi connectivity index (χ1n) is 4.77. The summed E-state index contributed by atoms with van der Waals surface area (Å²) in [7, 11) is 0. The van der Waals surface area contributed by atoms with Crippen molar-refractivity contribution in [3.05, 3.63) is 15.5 Å². The Morgan fingerprint density at radius 3 is 2.94 bits per heavy atom. The van der Waals surface area contributed by atoms with Gasteiger partial charge in [0.15, 0.2) is 4.47 Å². The van der Waals surface area contributed by atoms with Gasteiger partial charge in [0.2, 0.25) is 0 Å². The van der Waals surface area contributed by atoms with Gasteiger partial charge in [-0.15, -0.1) is 36.2 Å². The first kappa shape index (κ1) is 16.4. The maximum absolute atomic E-state index is 5.73. The molecule has 1 N–H and O–H groups in total. The molecule has 2 heterocycles. The summed E-state index contributed by atoms with van der Waals surface area (Å²) in [6.45, 7) is 2.72. The normalized spacial score (nSPS) is 19.7. The van der Waals surface area contributed by atoms with E-state index in [0.29, 0.717) is 17.2 Å². The molecule has 0 bridgehead atoms. The van der Waals surface area contributed by atoms with Gasteiger partial charge in [0.1, 0.15) is 0 Å². The molecule has 1 unspecified atom stereocenters. The maximum atomic E-state index is 5.73. The molecule has 1 aromatic rings. The molecule has 0 saturated carbocycles. The van der Waals surface area contributed by atoms with E-state index in [-0.39, 0.29) is 24.8 Å². The summed E-state index contributed by atoms with van der Waals surface area (Å²) in [6.07, 6.45) is 4.49. The second-order valence-electron chi connectivity index (χ2n) is 3.36. The van der Waals surface area contributed by atoms with Crippen molar-refractivity contribution in [2.75, 3.05) is 13.1 Å². The van der Waals surface area contributed by atoms with Crippen LogP contribution in [0.5, 0.6) is 0 Å². The Hall–Kier alpha value is 0.420. The smallest absolute Gasteiger partial charge is 0.183 e. The van der Waals surface area contributed by atoms with Gasteiger partial charge in [-0.25, -0.2) is 4.98 Å². The number of rotatable bonds is 3. The first-order valence-corrected chi connectivity index (χ1v) is 5.96. The van der Waals surface area contributed by atoms with Gasteiger partial charge in [-0.3, -0.25) is 0 Å². The number of nitrogens with zero attached hydrogens (tertiary/aromatic N) is 1. The Morgan fingerprint density at radius 2 is 2.38 bits per heavy atom. The van der Waals surface area contributed by atoms with E-state index in [1.165, 1.54) is 17.8 Å². The van der Waals surface area contributed by atoms with Gasteiger partial charge in [0, 0.05) is 12.7 Å². The summed E-state index contributed by atoms with van der Waals surface area (Å²) in [5.74, 6) is 0. The van der Waals surface area contributed by atoms with E-state index in [9.17, 15) is 0 Å². The summed E-state index contributed by atoms with van der Waals surface area (Å²) in [5.41, 5.74) is 0. The van der Waals surface area contributed by atoms with Crippen LogP contribution in [0.2, 0.25) is 4.47 Å². The van der Waals surface area contributed by atoms with Crippen molar-refractivity contribution < 1.29 is 4.74 Å². The SMILES string of the molecule is Cl.Cl.Clc1ncc(COC2CCCNC2)s1. The topological polar surface area (TPSA) is 34.1 Å². The lowest BCUT2D eigenvalue weighted by Crippen LogP contribution is -2.35. The third kappa shape index (κ3) is 5.17. The predicted octanol–water partition coefficient (Wildman–Crippen LogP) is 2.91. The molecule has 0 spiro atoms. The van der Waals surface area contributed by atoms with Gasteiger partial charge in [0.05, 0.1) is 17.6 Å². The van der Waals surface area contributed by atoms with Crippen molar-refractivity contribution in [2.24, 2.45) is 0 Å². The highest BCUT2D eigenvalue weighted by Gasteiger charge is 2.13. The molecule has 0 amide bonds. The zero-order chi connectivity index (χ0) is 9.80. The molecule has 94 valence electrons. The van der Waals surface area contributed by atoms with Crippen molar-refractivity contribution in [2.45, 2.75) is 25.6 Å². The van der Waals surface area contributed by atoms with E-state index >= 15 is 0 Å². The highest BCUT2D eigenvalue weighted by atomic mass is 35.5. The third-order valence-corrected chi connectivity index (χ3v) is 3.33. The van der Waals surface area contributed by atoms with Crippen LogP contribution in [-0.4, -0.2) is 24.2 Å². The molecule has 7 heteroatoms. The van der Waals surface area contributed by atoms with Crippen LogP contribution in [0.3, 0.4) is 0 Å². The fourth-order valence-corrected chi connectivity index (χ4v) is 2.41. The number of thiazole rings is 1. The molecular formula is C9H15Cl3N2OS. The molecule has 0 radical (unpaired) electrons. The minimum absolute atomic E-state index is 0. The number of hydrogen-bond donors (Lipinski definition) is 1. The number of ether oxygens (including phenoxy) is 1. The van der Waals surface area contributed by atoms with E-state index < -0.39 is 0 Å². The van der Waals surface area contributed by atoms with Crippen molar-refractivity contribution >= 4 is 47.8 Å². The lowest BCUT2D eigenvalue weighted by Gasteiger charge is -2.22. The van der Waals surface area contributed by atoms with Crippen LogP contribution in [0.1, 0.15) is 17.7 Å². The van der Waals surface area contributed by atoms with Gasteiger partial charge < -0.3 is 10.1 Å². The van der Waals surface area contributed by atoms with Crippen LogP contribution >= 0.6 is 47.8 Å². The molecule has 3 nitrogen and oxygen atoms in total. The second-order valence-corrected chi connectivity index (χ2v) is 5.06. The first-order chi connectivity index (χ1) is 6.84. The van der Waals surface area contributed by atoms with Crippen LogP contribution in [0, 0.1) is 0 Å². The summed E-state index contributed by atoms with van der Waals surface area (Å²) < 4.78 is 6.32. The maximum Gasteiger partial charge on any atom is 0.183 e. The Kier molecular flexibility index (Phi) is 8.73. The number of aromatic nitrogens is 1. The average molecular weight is 306 g/mol. The molecule has 2 rings (SSSR count). The Bertz CT molecular complexity index is 292. The van der Waals surface area contributed by atoms with Gasteiger partial charge >= 0.3 is 0 Å². The van der Waals surface area contributed by atoms with Crippen LogP contribution in [0.25, 0.3) is 0 Å². The summed E-state index contributed by atoms with van der Waals surface area (Å²) >= 11 is 7.21. The summed E-state index contributed by atoms with van der Waals surface area (Å²) in [4.78, 5) is 5.07. The Balaban J connectivity index is 0.00000112. The standard InChI is InChI=1S/C9H13ClN2OS.2ClH/c10-9-12-5-8(14-9)6-13-7-2-1-3-11-4-7;;/h5,7,11H,1-4,6H2;2*1H. The van der Waals surface area contributed by atoms with Crippen molar-refractivity contribution in [3.63, 3.8) is 0 Å². The van der Waals surface area contributed by atoms with Gasteiger partial charge in [-0.2, -0.15) is 0 Å². The zero-order valence-corrected chi connectivity index (χ0v) is 11.9. The number of nitrogens with one attached hydrogen (secondary N) is 1. The van der Waals surface area contributed by atoms with Crippen molar-refractivity contribution in [1.82, 2.24) is 10.3 Å². The summed E-state index contributed by atoms with van der Waals surface area (Å²) in [5, 5.41) is 3.31. The van der Waals surface area contributed by atoms with Gasteiger partial charge in [0.25, 0.3) is 0 Å². The molecule has 0 aliphatic carbocycles. The fourth-order valence-electron chi connectivity index (χ4n) is 1.51. The Labute approximate surface area is 117 Å². The van der Waals surface area contributed by atoms with Crippen molar-refractivity contribution in [1.29, 1.82) is 0 Å². The third-order valence-electron chi connectivity index (χ3n) is 2.24. The van der Waals surface area contributed by atoms with E-state index in [0.717, 1.165) is 24.4 Å². The second kappa shape index (κ2) is 8.50. The average Bonchev–Trinajstić information content (AvgIpc) is 2.63. The Morgan fingerprint density at radius 1 is 1.56 bits per heavy atom. The van der Waals surface area contributed by atoms with Gasteiger partial charge in [-0.1, -0.05) is 11.6 Å². The van der Waals surface area contributed by atoms with Crippen molar-refractivity contribution in [3.8, 4) is 0 Å². The quantitative estimate of drug-likeness (QED) is 0.932. The molecule has 1 fully saturated rings. The lowest BCUT2D eigenvalue weighted by molar-refractivity contribution is 0.0266. The van der Waals surface area contributed by atoms with Crippen LogP contribution in [0.15, 0.2) is 6.20 Å². The lowest BCUT2D eigenvalue weighted by atomic mass is 10.1. The fraction of sp³-hybridized carbons (Fsp3) is 0.667. The molecule has 1 saturated heterocycles. The number of piperidine rings is 1. The molecule has 1 atom stereocenters. The van der Waals surface area contributed by atoms with Gasteiger partial charge in [-0.05, 0) is 19.4 Å². The monoisotopic (exact) mass is 304 g/mol. The van der Waals surface area contributed by atoms with E-state index in [2.05, 4.69) is 10.3 Å². The minimum Gasteiger partial charge on any atom is -0.371 e. The van der Waals surface area contributed by atoms with Crippen LogP contribution < -0.4 is 5.32 Å². The molecule has 1 aliphatic heterocycles. The highest BCUT2D eigenvalue weighted by molar-refractivity contribution is 7.15. The minimum atomic E-state index is 0. The largest absolute Gasteiger partial charge is 0.371 e. The van der Waals surface area contributed by atoms with E-state index in [1.54, 1.807) is 6.20 Å². The van der Waals surface area contributed by atoms with E-state index in [4.69, 9.17) is 16.3 Å². The predicted molar refractivity (Wildman–Crippen MR) is 72.3 cm³/mol. The number of hydrogen-bond acceptors (Lipinski definition) is 4. The number of halogens is 3. The van der Waals surface area contributed by atoms with Crippen LogP contribution in [-0.2, 0) is 11.3 Å². The molecule has 1 aromatic heterocycles. The molecule has 1 aliphatic rings. The summed E-state index contributed by atoms with van der Waals surface area (Å²) in [6, 6.07) is 0. The molecule has 16 heavy (non-hydrogen) atoms.